The standard InChI is InChI=1S/C13H20ClN3O3S/c1-3-15-12-11(14)7-10(8-16-12)21(19,20)17(2)13(9-18)5-4-6-13/h7-8,18H,3-6,9H2,1-2H3,(H,15,16). The lowest BCUT2D eigenvalue weighted by Crippen LogP contribution is -2.56. The van der Waals surface area contributed by atoms with E-state index in [1.165, 1.54) is 23.6 Å². The topological polar surface area (TPSA) is 82.5 Å². The first-order valence-corrected chi connectivity index (χ1v) is 8.68. The molecule has 0 unspecified atom stereocenters. The van der Waals surface area contributed by atoms with Gasteiger partial charge in [-0.3, -0.25) is 0 Å². The number of aliphatic hydroxyl groups excluding tert-OH is 1. The van der Waals surface area contributed by atoms with E-state index in [1.54, 1.807) is 0 Å². The summed E-state index contributed by atoms with van der Waals surface area (Å²) in [5.41, 5.74) is -0.689. The molecule has 118 valence electrons. The monoisotopic (exact) mass is 333 g/mol. The summed E-state index contributed by atoms with van der Waals surface area (Å²) in [5.74, 6) is 0.460. The van der Waals surface area contributed by atoms with E-state index in [-0.39, 0.29) is 16.5 Å². The number of anilines is 1. The maximum atomic E-state index is 12.6. The Balaban J connectivity index is 2.33. The van der Waals surface area contributed by atoms with Gasteiger partial charge < -0.3 is 10.4 Å². The fourth-order valence-electron chi connectivity index (χ4n) is 2.43. The van der Waals surface area contributed by atoms with Crippen LogP contribution in [0.15, 0.2) is 17.2 Å². The third-order valence-corrected chi connectivity index (χ3v) is 6.28. The molecule has 2 N–H and O–H groups in total. The van der Waals surface area contributed by atoms with E-state index in [0.717, 1.165) is 6.42 Å². The molecular weight excluding hydrogens is 314 g/mol. The molecule has 0 amide bonds. The highest BCUT2D eigenvalue weighted by Gasteiger charge is 2.46. The molecular formula is C13H20ClN3O3S. The summed E-state index contributed by atoms with van der Waals surface area (Å²) >= 11 is 6.06. The van der Waals surface area contributed by atoms with Crippen LogP contribution in [-0.2, 0) is 10.0 Å². The summed E-state index contributed by atoms with van der Waals surface area (Å²) in [7, 11) is -2.23. The summed E-state index contributed by atoms with van der Waals surface area (Å²) in [6, 6.07) is 1.39. The number of nitrogens with one attached hydrogen (secondary N) is 1. The predicted molar refractivity (Wildman–Crippen MR) is 82.0 cm³/mol. The molecule has 1 aromatic rings. The first kappa shape index (κ1) is 16.5. The van der Waals surface area contributed by atoms with E-state index in [1.807, 2.05) is 6.92 Å². The van der Waals surface area contributed by atoms with Gasteiger partial charge in [-0.2, -0.15) is 4.31 Å². The molecule has 1 aliphatic rings. The molecule has 2 rings (SSSR count). The van der Waals surface area contributed by atoms with Gasteiger partial charge in [0, 0.05) is 19.8 Å². The van der Waals surface area contributed by atoms with Crippen LogP contribution < -0.4 is 5.32 Å². The van der Waals surface area contributed by atoms with Gasteiger partial charge in [-0.25, -0.2) is 13.4 Å². The molecule has 0 aliphatic heterocycles. The second-order valence-electron chi connectivity index (χ2n) is 5.24. The van der Waals surface area contributed by atoms with E-state index < -0.39 is 15.6 Å². The van der Waals surface area contributed by atoms with Gasteiger partial charge in [-0.15, -0.1) is 0 Å². The van der Waals surface area contributed by atoms with Gasteiger partial charge in [-0.05, 0) is 32.3 Å². The number of aromatic nitrogens is 1. The normalized spacial score (nSPS) is 17.6. The van der Waals surface area contributed by atoms with Gasteiger partial charge in [0.05, 0.1) is 17.2 Å². The highest BCUT2D eigenvalue weighted by molar-refractivity contribution is 7.89. The van der Waals surface area contributed by atoms with E-state index in [0.29, 0.717) is 25.2 Å². The Morgan fingerprint density at radius 1 is 1.52 bits per heavy atom. The van der Waals surface area contributed by atoms with E-state index in [2.05, 4.69) is 10.3 Å². The third kappa shape index (κ3) is 2.88. The van der Waals surface area contributed by atoms with Gasteiger partial charge in [0.1, 0.15) is 10.7 Å². The molecule has 8 heteroatoms. The van der Waals surface area contributed by atoms with Crippen LogP contribution in [0.4, 0.5) is 5.82 Å². The molecule has 0 saturated heterocycles. The van der Waals surface area contributed by atoms with Gasteiger partial charge in [0.25, 0.3) is 0 Å². The Labute approximate surface area is 130 Å². The van der Waals surface area contributed by atoms with Crippen molar-refractivity contribution in [3.63, 3.8) is 0 Å². The molecule has 1 aliphatic carbocycles. The second kappa shape index (κ2) is 6.08. The van der Waals surface area contributed by atoms with E-state index in [9.17, 15) is 13.5 Å². The van der Waals surface area contributed by atoms with Crippen LogP contribution in [-0.4, -0.2) is 48.6 Å². The van der Waals surface area contributed by atoms with E-state index >= 15 is 0 Å². The van der Waals surface area contributed by atoms with Crippen molar-refractivity contribution in [2.75, 3.05) is 25.5 Å². The number of rotatable bonds is 6. The highest BCUT2D eigenvalue weighted by Crippen LogP contribution is 2.39. The second-order valence-corrected chi connectivity index (χ2v) is 7.62. The number of halogens is 1. The first-order chi connectivity index (χ1) is 9.87. The Bertz CT molecular complexity index is 612. The maximum absolute atomic E-state index is 12.6. The van der Waals surface area contributed by atoms with Crippen molar-refractivity contribution in [1.82, 2.24) is 9.29 Å². The molecule has 0 atom stereocenters. The molecule has 21 heavy (non-hydrogen) atoms. The molecule has 0 bridgehead atoms. The Morgan fingerprint density at radius 2 is 2.19 bits per heavy atom. The SMILES string of the molecule is CCNc1ncc(S(=O)(=O)N(C)C2(CO)CCC2)cc1Cl. The zero-order valence-corrected chi connectivity index (χ0v) is 13.7. The predicted octanol–water partition coefficient (Wildman–Crippen LogP) is 1.70. The Kier molecular flexibility index (Phi) is 4.77. The van der Waals surface area contributed by atoms with E-state index in [4.69, 9.17) is 11.6 Å². The molecule has 1 aromatic heterocycles. The summed E-state index contributed by atoms with van der Waals surface area (Å²) in [4.78, 5) is 4.10. The number of likely N-dealkylation sites (N-methyl/N-ethyl adjacent to an activating group) is 1. The maximum Gasteiger partial charge on any atom is 0.244 e. The van der Waals surface area contributed by atoms with Crippen molar-refractivity contribution in [3.05, 3.63) is 17.3 Å². The molecule has 0 radical (unpaired) electrons. The Hall–Kier alpha value is -0.890. The van der Waals surface area contributed by atoms with Crippen LogP contribution in [0.2, 0.25) is 5.02 Å². The minimum Gasteiger partial charge on any atom is -0.394 e. The zero-order valence-electron chi connectivity index (χ0n) is 12.1. The zero-order chi connectivity index (χ0) is 15.7. The minimum atomic E-state index is -3.73. The third-order valence-electron chi connectivity index (χ3n) is 4.07. The molecule has 6 nitrogen and oxygen atoms in total. The van der Waals surface area contributed by atoms with Crippen molar-refractivity contribution < 1.29 is 13.5 Å². The quantitative estimate of drug-likeness (QED) is 0.828. The number of pyridine rings is 1. The summed E-state index contributed by atoms with van der Waals surface area (Å²) in [5, 5.41) is 12.7. The van der Waals surface area contributed by atoms with Gasteiger partial charge in [0.15, 0.2) is 0 Å². The summed E-state index contributed by atoms with van der Waals surface area (Å²) < 4.78 is 26.5. The average molecular weight is 334 g/mol. The van der Waals surface area contributed by atoms with Crippen LogP contribution >= 0.6 is 11.6 Å². The van der Waals surface area contributed by atoms with Crippen molar-refractivity contribution in [3.8, 4) is 0 Å². The summed E-state index contributed by atoms with van der Waals surface area (Å²) in [6.45, 7) is 2.36. The molecule has 0 aromatic carbocycles. The van der Waals surface area contributed by atoms with Gasteiger partial charge in [0.2, 0.25) is 10.0 Å². The largest absolute Gasteiger partial charge is 0.394 e. The number of nitrogens with zero attached hydrogens (tertiary/aromatic N) is 2. The van der Waals surface area contributed by atoms with Crippen molar-refractivity contribution in [1.29, 1.82) is 0 Å². The van der Waals surface area contributed by atoms with Crippen molar-refractivity contribution >= 4 is 27.4 Å². The Morgan fingerprint density at radius 3 is 2.62 bits per heavy atom. The number of aliphatic hydroxyl groups is 1. The number of sulfonamides is 1. The highest BCUT2D eigenvalue weighted by atomic mass is 35.5. The molecule has 1 saturated carbocycles. The van der Waals surface area contributed by atoms with Crippen molar-refractivity contribution in [2.24, 2.45) is 0 Å². The average Bonchev–Trinajstić information content (AvgIpc) is 2.40. The van der Waals surface area contributed by atoms with Crippen LogP contribution in [0.3, 0.4) is 0 Å². The van der Waals surface area contributed by atoms with Crippen LogP contribution in [0, 0.1) is 0 Å². The minimum absolute atomic E-state index is 0.0383. The van der Waals surface area contributed by atoms with Crippen molar-refractivity contribution in [2.45, 2.75) is 36.6 Å². The van der Waals surface area contributed by atoms with Gasteiger partial charge in [-0.1, -0.05) is 11.6 Å². The molecule has 0 spiro atoms. The smallest absolute Gasteiger partial charge is 0.244 e. The van der Waals surface area contributed by atoms with Crippen LogP contribution in [0.25, 0.3) is 0 Å². The number of hydrogen-bond donors (Lipinski definition) is 2. The lowest BCUT2D eigenvalue weighted by atomic mass is 9.77. The van der Waals surface area contributed by atoms with Gasteiger partial charge >= 0.3 is 0 Å². The lowest BCUT2D eigenvalue weighted by molar-refractivity contribution is 0.0370. The molecule has 1 heterocycles. The number of hydrogen-bond acceptors (Lipinski definition) is 5. The summed E-state index contributed by atoms with van der Waals surface area (Å²) in [6.07, 6.45) is 3.53. The molecule has 1 fully saturated rings. The lowest BCUT2D eigenvalue weighted by Gasteiger charge is -2.46. The van der Waals surface area contributed by atoms with Crippen LogP contribution in [0.1, 0.15) is 26.2 Å². The first-order valence-electron chi connectivity index (χ1n) is 6.87. The van der Waals surface area contributed by atoms with Crippen LogP contribution in [0.5, 0.6) is 0 Å². The fourth-order valence-corrected chi connectivity index (χ4v) is 4.25. The fraction of sp³-hybridized carbons (Fsp3) is 0.615.